The quantitative estimate of drug-likeness (QED) is 0.876. The highest BCUT2D eigenvalue weighted by molar-refractivity contribution is 5.94. The molecule has 20 heavy (non-hydrogen) atoms. The van der Waals surface area contributed by atoms with Crippen LogP contribution in [0.2, 0.25) is 0 Å². The molecule has 4 nitrogen and oxygen atoms in total. The highest BCUT2D eigenvalue weighted by Crippen LogP contribution is 2.20. The fraction of sp³-hybridized carbons (Fsp3) is 0.462. The number of carbonyl (C=O) groups is 1. The fourth-order valence-corrected chi connectivity index (χ4v) is 1.33. The summed E-state index contributed by atoms with van der Waals surface area (Å²) in [6.45, 7) is 2.29. The summed E-state index contributed by atoms with van der Waals surface area (Å²) in [6, 6.07) is 4.97. The van der Waals surface area contributed by atoms with Crippen LogP contribution < -0.4 is 15.8 Å². The number of halogens is 3. The van der Waals surface area contributed by atoms with Gasteiger partial charge >= 0.3 is 6.18 Å². The van der Waals surface area contributed by atoms with Gasteiger partial charge in [-0.05, 0) is 30.2 Å². The summed E-state index contributed by atoms with van der Waals surface area (Å²) < 4.78 is 40.4. The standard InChI is InChI=1S/C13H17F3N2O2/c1-8(2)11(17)12(19)18-9-3-5-10(6-4-9)20-7-13(14,15)16/h3-6,8,11H,7,17H2,1-2H3,(H,18,19)/t11-/m0/s1. The highest BCUT2D eigenvalue weighted by atomic mass is 19.4. The molecule has 0 aliphatic carbocycles. The van der Waals surface area contributed by atoms with Gasteiger partial charge in [0.25, 0.3) is 0 Å². The molecular formula is C13H17F3N2O2. The maximum Gasteiger partial charge on any atom is 0.422 e. The first-order chi connectivity index (χ1) is 9.19. The summed E-state index contributed by atoms with van der Waals surface area (Å²) in [5.41, 5.74) is 6.12. The number of benzene rings is 1. The van der Waals surface area contributed by atoms with Crippen molar-refractivity contribution >= 4 is 11.6 Å². The van der Waals surface area contributed by atoms with Gasteiger partial charge < -0.3 is 15.8 Å². The minimum atomic E-state index is -4.38. The van der Waals surface area contributed by atoms with E-state index in [1.165, 1.54) is 24.3 Å². The molecular weight excluding hydrogens is 273 g/mol. The molecule has 0 heterocycles. The lowest BCUT2D eigenvalue weighted by molar-refractivity contribution is -0.153. The third kappa shape index (κ3) is 5.48. The highest BCUT2D eigenvalue weighted by Gasteiger charge is 2.28. The van der Waals surface area contributed by atoms with Crippen LogP contribution in [-0.4, -0.2) is 24.7 Å². The van der Waals surface area contributed by atoms with Crippen LogP contribution in [-0.2, 0) is 4.79 Å². The monoisotopic (exact) mass is 290 g/mol. The summed E-state index contributed by atoms with van der Waals surface area (Å²) in [5.74, 6) is -0.276. The van der Waals surface area contributed by atoms with Crippen LogP contribution in [0.1, 0.15) is 13.8 Å². The zero-order valence-electron chi connectivity index (χ0n) is 11.2. The Bertz CT molecular complexity index is 444. The Labute approximate surface area is 115 Å². The van der Waals surface area contributed by atoms with Gasteiger partial charge in [-0.25, -0.2) is 0 Å². The molecule has 1 rings (SSSR count). The predicted octanol–water partition coefficient (Wildman–Crippen LogP) is 2.55. The number of nitrogens with two attached hydrogens (primary N) is 1. The molecule has 0 aliphatic heterocycles. The molecule has 3 N–H and O–H groups in total. The molecule has 0 aliphatic rings. The van der Waals surface area contributed by atoms with Crippen molar-refractivity contribution in [2.75, 3.05) is 11.9 Å². The second kappa shape index (κ2) is 6.60. The van der Waals surface area contributed by atoms with E-state index in [9.17, 15) is 18.0 Å². The van der Waals surface area contributed by atoms with Gasteiger partial charge in [-0.3, -0.25) is 4.79 Å². The van der Waals surface area contributed by atoms with Crippen LogP contribution in [0.5, 0.6) is 5.75 Å². The maximum atomic E-state index is 12.0. The number of rotatable bonds is 5. The van der Waals surface area contributed by atoms with Crippen molar-refractivity contribution in [3.63, 3.8) is 0 Å². The Hall–Kier alpha value is -1.76. The molecule has 1 aromatic carbocycles. The fourth-order valence-electron chi connectivity index (χ4n) is 1.33. The molecule has 0 radical (unpaired) electrons. The predicted molar refractivity (Wildman–Crippen MR) is 69.4 cm³/mol. The Morgan fingerprint density at radius 3 is 2.30 bits per heavy atom. The van der Waals surface area contributed by atoms with Gasteiger partial charge in [-0.1, -0.05) is 13.8 Å². The van der Waals surface area contributed by atoms with Gasteiger partial charge in [-0.15, -0.1) is 0 Å². The zero-order valence-corrected chi connectivity index (χ0v) is 11.2. The molecule has 112 valence electrons. The Balaban J connectivity index is 2.57. The van der Waals surface area contributed by atoms with E-state index >= 15 is 0 Å². The first kappa shape index (κ1) is 16.3. The molecule has 7 heteroatoms. The number of anilines is 1. The Kier molecular flexibility index (Phi) is 5.38. The molecule has 1 aromatic rings. The average Bonchev–Trinajstić information content (AvgIpc) is 2.36. The van der Waals surface area contributed by atoms with Crippen LogP contribution in [0, 0.1) is 5.92 Å². The van der Waals surface area contributed by atoms with Crippen LogP contribution in [0.25, 0.3) is 0 Å². The van der Waals surface area contributed by atoms with E-state index in [1.807, 2.05) is 13.8 Å². The number of carbonyl (C=O) groups excluding carboxylic acids is 1. The van der Waals surface area contributed by atoms with Crippen molar-refractivity contribution in [2.24, 2.45) is 11.7 Å². The summed E-state index contributed by atoms with van der Waals surface area (Å²) in [7, 11) is 0. The molecule has 0 bridgehead atoms. The summed E-state index contributed by atoms with van der Waals surface area (Å²) >= 11 is 0. The van der Waals surface area contributed by atoms with Crippen LogP contribution in [0.15, 0.2) is 24.3 Å². The molecule has 1 atom stereocenters. The first-order valence-corrected chi connectivity index (χ1v) is 6.05. The second-order valence-corrected chi connectivity index (χ2v) is 4.69. The zero-order chi connectivity index (χ0) is 15.3. The van der Waals surface area contributed by atoms with Gasteiger partial charge in [0, 0.05) is 5.69 Å². The number of hydrogen-bond acceptors (Lipinski definition) is 3. The third-order valence-corrected chi connectivity index (χ3v) is 2.55. The third-order valence-electron chi connectivity index (χ3n) is 2.55. The maximum absolute atomic E-state index is 12.0. The van der Waals surface area contributed by atoms with E-state index in [1.54, 1.807) is 0 Å². The average molecular weight is 290 g/mol. The van der Waals surface area contributed by atoms with E-state index in [4.69, 9.17) is 5.73 Å². The van der Waals surface area contributed by atoms with Gasteiger partial charge in [0.05, 0.1) is 6.04 Å². The minimum absolute atomic E-state index is 0.00982. The molecule has 0 saturated heterocycles. The summed E-state index contributed by atoms with van der Waals surface area (Å²) in [5, 5.41) is 2.58. The van der Waals surface area contributed by atoms with Crippen molar-refractivity contribution in [3.8, 4) is 5.75 Å². The lowest BCUT2D eigenvalue weighted by Crippen LogP contribution is -2.39. The largest absolute Gasteiger partial charge is 0.484 e. The van der Waals surface area contributed by atoms with Crippen molar-refractivity contribution in [1.29, 1.82) is 0 Å². The lowest BCUT2D eigenvalue weighted by Gasteiger charge is -2.15. The number of alkyl halides is 3. The summed E-state index contributed by atoms with van der Waals surface area (Å²) in [4.78, 5) is 11.7. The Morgan fingerprint density at radius 2 is 1.85 bits per heavy atom. The van der Waals surface area contributed by atoms with E-state index in [2.05, 4.69) is 10.1 Å². The lowest BCUT2D eigenvalue weighted by atomic mass is 10.1. The van der Waals surface area contributed by atoms with Crippen molar-refractivity contribution in [3.05, 3.63) is 24.3 Å². The number of ether oxygens (including phenoxy) is 1. The molecule has 0 spiro atoms. The molecule has 0 saturated carbocycles. The molecule has 0 aromatic heterocycles. The van der Waals surface area contributed by atoms with Gasteiger partial charge in [-0.2, -0.15) is 13.2 Å². The van der Waals surface area contributed by atoms with E-state index in [-0.39, 0.29) is 17.6 Å². The number of amides is 1. The summed E-state index contributed by atoms with van der Waals surface area (Å²) in [6.07, 6.45) is -4.38. The molecule has 0 unspecified atom stereocenters. The van der Waals surface area contributed by atoms with Gasteiger partial charge in [0.15, 0.2) is 6.61 Å². The van der Waals surface area contributed by atoms with E-state index in [0.717, 1.165) is 0 Å². The van der Waals surface area contributed by atoms with Crippen molar-refractivity contribution in [2.45, 2.75) is 26.1 Å². The second-order valence-electron chi connectivity index (χ2n) is 4.69. The van der Waals surface area contributed by atoms with E-state index < -0.39 is 18.8 Å². The van der Waals surface area contributed by atoms with E-state index in [0.29, 0.717) is 5.69 Å². The molecule has 0 fully saturated rings. The first-order valence-electron chi connectivity index (χ1n) is 6.05. The minimum Gasteiger partial charge on any atom is -0.484 e. The van der Waals surface area contributed by atoms with Crippen molar-refractivity contribution < 1.29 is 22.7 Å². The van der Waals surface area contributed by atoms with Gasteiger partial charge in [0.2, 0.25) is 5.91 Å². The van der Waals surface area contributed by atoms with Crippen LogP contribution in [0.3, 0.4) is 0 Å². The van der Waals surface area contributed by atoms with Crippen LogP contribution in [0.4, 0.5) is 18.9 Å². The van der Waals surface area contributed by atoms with Gasteiger partial charge in [0.1, 0.15) is 5.75 Å². The SMILES string of the molecule is CC(C)[C@H](N)C(=O)Nc1ccc(OCC(F)(F)F)cc1. The smallest absolute Gasteiger partial charge is 0.422 e. The normalized spacial score (nSPS) is 13.2. The molecule has 1 amide bonds. The Morgan fingerprint density at radius 1 is 1.30 bits per heavy atom. The number of nitrogens with one attached hydrogen (secondary N) is 1. The number of hydrogen-bond donors (Lipinski definition) is 2. The topological polar surface area (TPSA) is 64.4 Å². The van der Waals surface area contributed by atoms with Crippen LogP contribution >= 0.6 is 0 Å². The van der Waals surface area contributed by atoms with Crippen molar-refractivity contribution in [1.82, 2.24) is 0 Å².